The fourth-order valence-electron chi connectivity index (χ4n) is 2.02. The average molecular weight is 408 g/mol. The number of benzene rings is 1. The summed E-state index contributed by atoms with van der Waals surface area (Å²) in [4.78, 5) is 13.3. The number of amides is 1. The molecule has 8 heteroatoms. The lowest BCUT2D eigenvalue weighted by Crippen LogP contribution is -2.14. The summed E-state index contributed by atoms with van der Waals surface area (Å²) < 4.78 is 11.3. The molecule has 0 aliphatic heterocycles. The van der Waals surface area contributed by atoms with Gasteiger partial charge in [0.05, 0.1) is 6.42 Å². The van der Waals surface area contributed by atoms with E-state index in [0.717, 1.165) is 11.3 Å². The minimum absolute atomic E-state index is 0.0423. The number of hydrogen-bond donors (Lipinski definition) is 1. The molecule has 6 nitrogen and oxygen atoms in total. The summed E-state index contributed by atoms with van der Waals surface area (Å²) in [7, 11) is 0. The van der Waals surface area contributed by atoms with Crippen LogP contribution < -0.4 is 5.32 Å². The minimum atomic E-state index is -0.221. The zero-order valence-corrected chi connectivity index (χ0v) is 15.2. The Balaban J connectivity index is 1.59. The fourth-order valence-corrected chi connectivity index (χ4v) is 2.99. The topological polar surface area (TPSA) is 81.2 Å². The van der Waals surface area contributed by atoms with Gasteiger partial charge in [0.1, 0.15) is 0 Å². The monoisotopic (exact) mass is 407 g/mol. The van der Waals surface area contributed by atoms with Crippen molar-refractivity contribution in [2.24, 2.45) is 0 Å². The maximum Gasteiger partial charge on any atom is 0.322 e. The van der Waals surface area contributed by atoms with Crippen LogP contribution in [-0.4, -0.2) is 21.9 Å². The molecular formula is C16H14BrN3O3S. The molecule has 0 fully saturated rings. The molecule has 2 aromatic heterocycles. The summed E-state index contributed by atoms with van der Waals surface area (Å²) in [6.07, 6.45) is 0.237. The molecule has 0 radical (unpaired) electrons. The van der Waals surface area contributed by atoms with Crippen molar-refractivity contribution in [3.63, 3.8) is 0 Å². The molecule has 1 N–H and O–H groups in total. The normalized spacial score (nSPS) is 10.8. The van der Waals surface area contributed by atoms with Gasteiger partial charge in [-0.1, -0.05) is 24.2 Å². The second kappa shape index (κ2) is 7.67. The van der Waals surface area contributed by atoms with Crippen molar-refractivity contribution in [3.05, 3.63) is 46.6 Å². The van der Waals surface area contributed by atoms with E-state index >= 15 is 0 Å². The Bertz CT molecular complexity index is 829. The predicted octanol–water partition coefficient (Wildman–Crippen LogP) is 4.39. The van der Waals surface area contributed by atoms with E-state index in [9.17, 15) is 4.79 Å². The third-order valence-electron chi connectivity index (χ3n) is 3.05. The highest BCUT2D eigenvalue weighted by Crippen LogP contribution is 2.25. The summed E-state index contributed by atoms with van der Waals surface area (Å²) in [6, 6.07) is 11.4. The van der Waals surface area contributed by atoms with E-state index in [1.54, 1.807) is 23.9 Å². The van der Waals surface area contributed by atoms with E-state index in [4.69, 9.17) is 8.83 Å². The van der Waals surface area contributed by atoms with Gasteiger partial charge in [0.25, 0.3) is 5.89 Å². The quantitative estimate of drug-likeness (QED) is 0.610. The number of furan rings is 1. The van der Waals surface area contributed by atoms with Crippen molar-refractivity contribution in [2.75, 3.05) is 11.1 Å². The van der Waals surface area contributed by atoms with E-state index in [-0.39, 0.29) is 24.2 Å². The highest BCUT2D eigenvalue weighted by atomic mass is 79.9. The Morgan fingerprint density at radius 1 is 1.17 bits per heavy atom. The molecule has 3 aromatic rings. The molecule has 124 valence electrons. The highest BCUT2D eigenvalue weighted by molar-refractivity contribution is 9.10. The molecule has 1 aromatic carbocycles. The molecular weight excluding hydrogens is 394 g/mol. The standard InChI is InChI=1S/C16H14BrN3O3S/c1-2-24-11-5-3-10(4-6-11)9-14(21)18-16-20-19-15(23-16)12-7-8-13(17)22-12/h3-8H,2,9H2,1H3,(H,18,20,21). The molecule has 1 amide bonds. The first kappa shape index (κ1) is 16.8. The van der Waals surface area contributed by atoms with Gasteiger partial charge in [0, 0.05) is 4.90 Å². The molecule has 0 saturated heterocycles. The smallest absolute Gasteiger partial charge is 0.322 e. The minimum Gasteiger partial charge on any atom is -0.444 e. The maximum absolute atomic E-state index is 12.1. The number of carbonyl (C=O) groups excluding carboxylic acids is 1. The van der Waals surface area contributed by atoms with E-state index in [0.29, 0.717) is 10.4 Å². The molecule has 0 saturated carbocycles. The van der Waals surface area contributed by atoms with Crippen molar-refractivity contribution in [1.29, 1.82) is 0 Å². The summed E-state index contributed by atoms with van der Waals surface area (Å²) in [5, 5.41) is 10.2. The lowest BCUT2D eigenvalue weighted by molar-refractivity contribution is -0.115. The number of carbonyl (C=O) groups is 1. The first-order valence-electron chi connectivity index (χ1n) is 7.25. The average Bonchev–Trinajstić information content (AvgIpc) is 3.18. The third-order valence-corrected chi connectivity index (χ3v) is 4.37. The Morgan fingerprint density at radius 3 is 2.62 bits per heavy atom. The molecule has 0 spiro atoms. The summed E-state index contributed by atoms with van der Waals surface area (Å²) >= 11 is 4.96. The van der Waals surface area contributed by atoms with E-state index < -0.39 is 0 Å². The van der Waals surface area contributed by atoms with Gasteiger partial charge in [-0.25, -0.2) is 0 Å². The van der Waals surface area contributed by atoms with E-state index in [1.165, 1.54) is 4.90 Å². The van der Waals surface area contributed by atoms with E-state index in [1.807, 2.05) is 24.3 Å². The Morgan fingerprint density at radius 2 is 1.96 bits per heavy atom. The van der Waals surface area contributed by atoms with Gasteiger partial charge in [0.2, 0.25) is 5.91 Å². The van der Waals surface area contributed by atoms with Gasteiger partial charge in [-0.3, -0.25) is 10.1 Å². The van der Waals surface area contributed by atoms with Gasteiger partial charge in [-0.15, -0.1) is 16.9 Å². The second-order valence-corrected chi connectivity index (χ2v) is 6.94. The van der Waals surface area contributed by atoms with Crippen LogP contribution in [-0.2, 0) is 11.2 Å². The molecule has 0 bridgehead atoms. The van der Waals surface area contributed by atoms with Crippen LogP contribution in [0.25, 0.3) is 11.7 Å². The van der Waals surface area contributed by atoms with Crippen LogP contribution in [0.2, 0.25) is 0 Å². The summed E-state index contributed by atoms with van der Waals surface area (Å²) in [6.45, 7) is 2.10. The lowest BCUT2D eigenvalue weighted by atomic mass is 10.1. The van der Waals surface area contributed by atoms with Crippen molar-refractivity contribution in [3.8, 4) is 11.7 Å². The number of nitrogens with zero attached hydrogens (tertiary/aromatic N) is 2. The molecule has 24 heavy (non-hydrogen) atoms. The first-order valence-corrected chi connectivity index (χ1v) is 9.02. The molecule has 0 atom stereocenters. The number of thioether (sulfide) groups is 1. The zero-order valence-electron chi connectivity index (χ0n) is 12.8. The number of anilines is 1. The van der Waals surface area contributed by atoms with Crippen molar-refractivity contribution in [1.82, 2.24) is 10.2 Å². The van der Waals surface area contributed by atoms with Gasteiger partial charge >= 0.3 is 6.01 Å². The molecule has 0 aliphatic rings. The van der Waals surface area contributed by atoms with Gasteiger partial charge in [-0.05, 0) is 51.5 Å². The Hall–Kier alpha value is -2.06. The molecule has 0 aliphatic carbocycles. The molecule has 3 rings (SSSR count). The van der Waals surface area contributed by atoms with Crippen molar-refractivity contribution < 1.29 is 13.6 Å². The SMILES string of the molecule is CCSc1ccc(CC(=O)Nc2nnc(-c3ccc(Br)o3)o2)cc1. The van der Waals surface area contributed by atoms with Crippen molar-refractivity contribution >= 4 is 39.6 Å². The van der Waals surface area contributed by atoms with Crippen LogP contribution in [0.15, 0.2) is 54.8 Å². The summed E-state index contributed by atoms with van der Waals surface area (Å²) in [5.74, 6) is 1.43. The number of halogens is 1. The van der Waals surface area contributed by atoms with Crippen LogP contribution in [0.5, 0.6) is 0 Å². The Labute approximate surface area is 151 Å². The van der Waals surface area contributed by atoms with Crippen LogP contribution >= 0.6 is 27.7 Å². The Kier molecular flexibility index (Phi) is 5.37. The van der Waals surface area contributed by atoms with Crippen molar-refractivity contribution in [2.45, 2.75) is 18.2 Å². The van der Waals surface area contributed by atoms with E-state index in [2.05, 4.69) is 38.4 Å². The number of nitrogens with one attached hydrogen (secondary N) is 1. The number of aromatic nitrogens is 2. The lowest BCUT2D eigenvalue weighted by Gasteiger charge is -2.03. The van der Waals surface area contributed by atoms with Crippen LogP contribution in [0.4, 0.5) is 6.01 Å². The van der Waals surface area contributed by atoms with Crippen LogP contribution in [0, 0.1) is 0 Å². The van der Waals surface area contributed by atoms with Gasteiger partial charge < -0.3 is 8.83 Å². The van der Waals surface area contributed by atoms with Crippen LogP contribution in [0.1, 0.15) is 12.5 Å². The zero-order chi connectivity index (χ0) is 16.9. The summed E-state index contributed by atoms with van der Waals surface area (Å²) in [5.41, 5.74) is 0.919. The largest absolute Gasteiger partial charge is 0.444 e. The number of rotatable bonds is 6. The predicted molar refractivity (Wildman–Crippen MR) is 94.9 cm³/mol. The highest BCUT2D eigenvalue weighted by Gasteiger charge is 2.14. The van der Waals surface area contributed by atoms with Crippen LogP contribution in [0.3, 0.4) is 0 Å². The second-order valence-electron chi connectivity index (χ2n) is 4.82. The molecule has 0 unspecified atom stereocenters. The molecule has 2 heterocycles. The fraction of sp³-hybridized carbons (Fsp3) is 0.188. The number of hydrogen-bond acceptors (Lipinski definition) is 6. The van der Waals surface area contributed by atoms with Gasteiger partial charge in [0.15, 0.2) is 10.4 Å². The third kappa shape index (κ3) is 4.27. The maximum atomic E-state index is 12.1. The first-order chi connectivity index (χ1) is 11.6. The van der Waals surface area contributed by atoms with Gasteiger partial charge in [-0.2, -0.15) is 0 Å².